The van der Waals surface area contributed by atoms with Gasteiger partial charge in [-0.3, -0.25) is 4.79 Å². The monoisotopic (exact) mass is 486 g/mol. The second-order valence-corrected chi connectivity index (χ2v) is 7.71. The largest absolute Gasteiger partial charge is 0.475 e. The Morgan fingerprint density at radius 3 is 2.32 bits per heavy atom. The molecule has 0 aliphatic carbocycles. The number of aryl methyl sites for hydroxylation is 1. The van der Waals surface area contributed by atoms with Crippen molar-refractivity contribution in [3.8, 4) is 11.6 Å². The van der Waals surface area contributed by atoms with Crippen molar-refractivity contribution in [2.75, 3.05) is 39.6 Å². The minimum atomic E-state index is -0.282. The smallest absolute Gasteiger partial charge is 0.227 e. The van der Waals surface area contributed by atoms with E-state index in [0.29, 0.717) is 40.2 Å². The average Bonchev–Trinajstić information content (AvgIpc) is 2.73. The van der Waals surface area contributed by atoms with Crippen LogP contribution in [0.25, 0.3) is 16.6 Å². The van der Waals surface area contributed by atoms with E-state index in [2.05, 4.69) is 4.98 Å². The molecule has 0 unspecified atom stereocenters. The van der Waals surface area contributed by atoms with Gasteiger partial charge in [-0.05, 0) is 19.1 Å². The quantitative estimate of drug-likeness (QED) is 0.434. The van der Waals surface area contributed by atoms with Crippen LogP contribution in [0.5, 0.6) is 5.88 Å². The third-order valence-corrected chi connectivity index (χ3v) is 5.26. The van der Waals surface area contributed by atoms with Crippen LogP contribution in [0.3, 0.4) is 0 Å². The van der Waals surface area contributed by atoms with Gasteiger partial charge in [0.05, 0.1) is 65.5 Å². The molecular formula is C21H21Cl3N2O5. The van der Waals surface area contributed by atoms with Crippen LogP contribution < -0.4 is 10.2 Å². The number of nitrogens with zero attached hydrogens (tertiary/aromatic N) is 2. The number of aliphatic hydroxyl groups excluding tert-OH is 1. The lowest BCUT2D eigenvalue weighted by molar-refractivity contribution is 0.0245. The molecule has 0 spiro atoms. The van der Waals surface area contributed by atoms with Crippen molar-refractivity contribution in [2.45, 2.75) is 6.92 Å². The fourth-order valence-corrected chi connectivity index (χ4v) is 3.88. The van der Waals surface area contributed by atoms with Gasteiger partial charge in [-0.1, -0.05) is 40.9 Å². The molecule has 3 aromatic rings. The van der Waals surface area contributed by atoms with E-state index in [-0.39, 0.29) is 48.1 Å². The topological polar surface area (TPSA) is 82.8 Å². The highest BCUT2D eigenvalue weighted by Crippen LogP contribution is 2.35. The van der Waals surface area contributed by atoms with E-state index in [9.17, 15) is 4.79 Å². The molecule has 166 valence electrons. The maximum Gasteiger partial charge on any atom is 0.227 e. The van der Waals surface area contributed by atoms with Crippen molar-refractivity contribution in [1.29, 1.82) is 0 Å². The maximum atomic E-state index is 12.8. The number of benzene rings is 1. The molecule has 10 heteroatoms. The summed E-state index contributed by atoms with van der Waals surface area (Å²) in [5.74, 6) is 0.140. The van der Waals surface area contributed by atoms with Crippen LogP contribution in [-0.4, -0.2) is 54.3 Å². The highest BCUT2D eigenvalue weighted by molar-refractivity contribution is 6.38. The number of aliphatic hydroxyl groups is 1. The Morgan fingerprint density at radius 1 is 1.00 bits per heavy atom. The summed E-state index contributed by atoms with van der Waals surface area (Å²) in [6.45, 7) is 3.16. The van der Waals surface area contributed by atoms with E-state index >= 15 is 0 Å². The molecule has 0 saturated heterocycles. The lowest BCUT2D eigenvalue weighted by atomic mass is 10.2. The molecule has 2 aromatic heterocycles. The van der Waals surface area contributed by atoms with E-state index in [1.165, 1.54) is 12.3 Å². The third-order valence-electron chi connectivity index (χ3n) is 4.37. The lowest BCUT2D eigenvalue weighted by Crippen LogP contribution is -2.16. The summed E-state index contributed by atoms with van der Waals surface area (Å²) in [6.07, 6.45) is 1.42. The molecule has 1 N–H and O–H groups in total. The maximum absolute atomic E-state index is 12.8. The van der Waals surface area contributed by atoms with Crippen LogP contribution in [0.15, 0.2) is 35.3 Å². The van der Waals surface area contributed by atoms with Gasteiger partial charge in [-0.2, -0.15) is 0 Å². The van der Waals surface area contributed by atoms with Crippen molar-refractivity contribution in [3.63, 3.8) is 0 Å². The molecule has 0 atom stereocenters. The first-order valence-corrected chi connectivity index (χ1v) is 10.6. The molecule has 7 nitrogen and oxygen atoms in total. The van der Waals surface area contributed by atoms with Gasteiger partial charge in [-0.15, -0.1) is 0 Å². The number of fused-ring (bicyclic) bond motifs is 1. The fraction of sp³-hybridized carbons (Fsp3) is 0.333. The van der Waals surface area contributed by atoms with Gasteiger partial charge in [0.1, 0.15) is 12.0 Å². The standard InChI is InChI=1S/C21H21Cl3N2O5/c1-13-11-17(28)18-20(26(13)19-14(22)3-2-4-15(19)23)16(24)12-25-21(18)31-10-9-30-8-7-29-6-5-27/h2-4,11-12,27H,5-10H2,1H3. The molecule has 0 fully saturated rings. The van der Waals surface area contributed by atoms with Crippen LogP contribution in [0, 0.1) is 6.92 Å². The molecule has 0 saturated carbocycles. The molecule has 0 aliphatic heterocycles. The minimum absolute atomic E-state index is 0.0329. The van der Waals surface area contributed by atoms with Gasteiger partial charge in [0, 0.05) is 11.8 Å². The minimum Gasteiger partial charge on any atom is -0.475 e. The van der Waals surface area contributed by atoms with Crippen molar-refractivity contribution in [1.82, 2.24) is 9.55 Å². The zero-order chi connectivity index (χ0) is 22.4. The summed E-state index contributed by atoms with van der Waals surface area (Å²) in [5.41, 5.74) is 1.25. The summed E-state index contributed by atoms with van der Waals surface area (Å²) in [6, 6.07) is 6.61. The number of rotatable bonds is 10. The second kappa shape index (κ2) is 11.1. The van der Waals surface area contributed by atoms with Gasteiger partial charge < -0.3 is 23.9 Å². The van der Waals surface area contributed by atoms with E-state index in [1.807, 2.05) is 0 Å². The second-order valence-electron chi connectivity index (χ2n) is 6.49. The first-order chi connectivity index (χ1) is 15.0. The van der Waals surface area contributed by atoms with E-state index < -0.39 is 0 Å². The van der Waals surface area contributed by atoms with Crippen LogP contribution in [0.4, 0.5) is 0 Å². The Morgan fingerprint density at radius 2 is 1.65 bits per heavy atom. The zero-order valence-electron chi connectivity index (χ0n) is 16.7. The Balaban J connectivity index is 1.92. The molecule has 0 aliphatic rings. The summed E-state index contributed by atoms with van der Waals surface area (Å²) < 4.78 is 18.0. The molecular weight excluding hydrogens is 467 g/mol. The number of para-hydroxylation sites is 1. The van der Waals surface area contributed by atoms with Crippen LogP contribution in [-0.2, 0) is 9.47 Å². The van der Waals surface area contributed by atoms with Crippen molar-refractivity contribution >= 4 is 45.7 Å². The highest BCUT2D eigenvalue weighted by atomic mass is 35.5. The molecule has 1 aromatic carbocycles. The Hall–Kier alpha value is -1.87. The molecule has 0 bridgehead atoms. The molecule has 3 rings (SSSR count). The number of pyridine rings is 2. The van der Waals surface area contributed by atoms with Gasteiger partial charge in [0.15, 0.2) is 5.43 Å². The number of hydrogen-bond donors (Lipinski definition) is 1. The van der Waals surface area contributed by atoms with E-state index in [0.717, 1.165) is 0 Å². The van der Waals surface area contributed by atoms with Gasteiger partial charge in [0.25, 0.3) is 0 Å². The zero-order valence-corrected chi connectivity index (χ0v) is 19.0. The fourth-order valence-electron chi connectivity index (χ4n) is 3.09. The Kier molecular flexibility index (Phi) is 8.54. The van der Waals surface area contributed by atoms with Gasteiger partial charge in [-0.25, -0.2) is 4.98 Å². The third kappa shape index (κ3) is 5.49. The van der Waals surface area contributed by atoms with Crippen LogP contribution in [0.1, 0.15) is 5.69 Å². The normalized spacial score (nSPS) is 11.3. The summed E-state index contributed by atoms with van der Waals surface area (Å²) in [5, 5.41) is 9.96. The number of hydrogen-bond acceptors (Lipinski definition) is 6. The van der Waals surface area contributed by atoms with Crippen LogP contribution in [0.2, 0.25) is 15.1 Å². The number of aromatic nitrogens is 2. The Bertz CT molecular complexity index is 1100. The predicted octanol–water partition coefficient (Wildman–Crippen LogP) is 4.06. The van der Waals surface area contributed by atoms with Gasteiger partial charge >= 0.3 is 0 Å². The number of halogens is 3. The first-order valence-electron chi connectivity index (χ1n) is 9.50. The van der Waals surface area contributed by atoms with Crippen molar-refractivity contribution in [2.24, 2.45) is 0 Å². The Labute approximate surface area is 194 Å². The predicted molar refractivity (Wildman–Crippen MR) is 121 cm³/mol. The highest BCUT2D eigenvalue weighted by Gasteiger charge is 2.20. The van der Waals surface area contributed by atoms with Crippen molar-refractivity contribution < 1.29 is 19.3 Å². The van der Waals surface area contributed by atoms with Crippen LogP contribution >= 0.6 is 34.8 Å². The molecule has 31 heavy (non-hydrogen) atoms. The summed E-state index contributed by atoms with van der Waals surface area (Å²) in [4.78, 5) is 17.0. The first kappa shape index (κ1) is 23.8. The molecule has 0 radical (unpaired) electrons. The van der Waals surface area contributed by atoms with E-state index in [1.54, 1.807) is 29.7 Å². The SMILES string of the molecule is Cc1cc(=O)c2c(OCCOCCOCCO)ncc(Cl)c2n1-c1c(Cl)cccc1Cl. The molecule has 0 amide bonds. The van der Waals surface area contributed by atoms with E-state index in [4.69, 9.17) is 54.1 Å². The van der Waals surface area contributed by atoms with Gasteiger partial charge in [0.2, 0.25) is 5.88 Å². The lowest BCUT2D eigenvalue weighted by Gasteiger charge is -2.19. The molecule has 2 heterocycles. The summed E-state index contributed by atoms with van der Waals surface area (Å²) >= 11 is 19.3. The summed E-state index contributed by atoms with van der Waals surface area (Å²) in [7, 11) is 0. The average molecular weight is 488 g/mol. The number of ether oxygens (including phenoxy) is 3. The van der Waals surface area contributed by atoms with Crippen molar-refractivity contribution in [3.05, 3.63) is 61.4 Å².